The highest BCUT2D eigenvalue weighted by atomic mass is 35.5. The molecule has 7 heteroatoms. The van der Waals surface area contributed by atoms with Gasteiger partial charge in [-0.25, -0.2) is 0 Å². The lowest BCUT2D eigenvalue weighted by Crippen LogP contribution is -2.42. The molecule has 1 aromatic heterocycles. The first-order chi connectivity index (χ1) is 11.5. The van der Waals surface area contributed by atoms with Crippen LogP contribution in [-0.4, -0.2) is 41.0 Å². The van der Waals surface area contributed by atoms with Gasteiger partial charge in [0.2, 0.25) is 0 Å². The molecule has 1 atom stereocenters. The molecule has 2 aromatic rings. The quantitative estimate of drug-likeness (QED) is 0.893. The fourth-order valence-electron chi connectivity index (χ4n) is 2.68. The van der Waals surface area contributed by atoms with Gasteiger partial charge in [0.1, 0.15) is 0 Å². The highest BCUT2D eigenvalue weighted by molar-refractivity contribution is 6.29. The molecule has 0 aliphatic carbocycles. The summed E-state index contributed by atoms with van der Waals surface area (Å²) in [5.74, 6) is -0.512. The van der Waals surface area contributed by atoms with E-state index in [-0.39, 0.29) is 16.9 Å². The number of benzene rings is 1. The summed E-state index contributed by atoms with van der Waals surface area (Å²) in [4.78, 5) is 26.2. The lowest BCUT2D eigenvalue weighted by molar-refractivity contribution is 0.0474. The zero-order valence-electron chi connectivity index (χ0n) is 12.9. The Hall–Kier alpha value is -2.31. The number of furan rings is 1. The van der Waals surface area contributed by atoms with Crippen LogP contribution in [0.3, 0.4) is 0 Å². The first-order valence-electron chi connectivity index (χ1n) is 7.67. The normalized spacial score (nSPS) is 17.6. The van der Waals surface area contributed by atoms with E-state index in [0.29, 0.717) is 30.8 Å². The van der Waals surface area contributed by atoms with Gasteiger partial charge in [-0.1, -0.05) is 6.07 Å². The summed E-state index contributed by atoms with van der Waals surface area (Å²) in [7, 11) is 0. The number of carbonyl (C=O) groups is 2. The topological polar surface area (TPSA) is 82.8 Å². The van der Waals surface area contributed by atoms with Crippen LogP contribution in [0.5, 0.6) is 0 Å². The SMILES string of the molecule is O=C(Nc1cccc(C(=O)N2CCC[C@H](O)C2)c1)c1ccc(Cl)o1. The Kier molecular flexibility index (Phi) is 4.87. The molecule has 1 saturated heterocycles. The van der Waals surface area contributed by atoms with E-state index < -0.39 is 12.0 Å². The molecule has 1 fully saturated rings. The third-order valence-electron chi connectivity index (χ3n) is 3.85. The number of hydrogen-bond acceptors (Lipinski definition) is 4. The van der Waals surface area contributed by atoms with E-state index >= 15 is 0 Å². The molecule has 1 aromatic carbocycles. The molecule has 0 spiro atoms. The van der Waals surface area contributed by atoms with E-state index in [0.717, 1.165) is 6.42 Å². The Morgan fingerprint density at radius 1 is 1.29 bits per heavy atom. The van der Waals surface area contributed by atoms with E-state index in [2.05, 4.69) is 5.32 Å². The van der Waals surface area contributed by atoms with Crippen molar-refractivity contribution in [2.75, 3.05) is 18.4 Å². The van der Waals surface area contributed by atoms with Gasteiger partial charge in [0.15, 0.2) is 11.0 Å². The van der Waals surface area contributed by atoms with Gasteiger partial charge >= 0.3 is 0 Å². The standard InChI is InChI=1S/C17H17ClN2O4/c18-15-7-6-14(24-15)16(22)19-12-4-1-3-11(9-12)17(23)20-8-2-5-13(21)10-20/h1,3-4,6-7,9,13,21H,2,5,8,10H2,(H,19,22)/t13-/m0/s1. The predicted octanol–water partition coefficient (Wildman–Crippen LogP) is 2.78. The van der Waals surface area contributed by atoms with Crippen molar-refractivity contribution < 1.29 is 19.1 Å². The summed E-state index contributed by atoms with van der Waals surface area (Å²) in [6, 6.07) is 9.62. The average Bonchev–Trinajstić information content (AvgIpc) is 3.01. The number of anilines is 1. The van der Waals surface area contributed by atoms with Gasteiger partial charge in [0.05, 0.1) is 6.10 Å². The molecule has 1 aliphatic heterocycles. The fourth-order valence-corrected chi connectivity index (χ4v) is 2.83. The van der Waals surface area contributed by atoms with Crippen molar-refractivity contribution in [3.8, 4) is 0 Å². The number of likely N-dealkylation sites (tertiary alicyclic amines) is 1. The summed E-state index contributed by atoms with van der Waals surface area (Å²) >= 11 is 5.65. The maximum absolute atomic E-state index is 12.5. The number of rotatable bonds is 3. The zero-order chi connectivity index (χ0) is 17.1. The van der Waals surface area contributed by atoms with E-state index in [1.54, 1.807) is 29.2 Å². The van der Waals surface area contributed by atoms with Crippen LogP contribution in [0.1, 0.15) is 33.8 Å². The first kappa shape index (κ1) is 16.5. The van der Waals surface area contributed by atoms with Crippen molar-refractivity contribution in [1.82, 2.24) is 4.90 Å². The van der Waals surface area contributed by atoms with Crippen molar-refractivity contribution in [1.29, 1.82) is 0 Å². The molecule has 3 rings (SSSR count). The van der Waals surface area contributed by atoms with Crippen LogP contribution in [0.25, 0.3) is 0 Å². The van der Waals surface area contributed by atoms with E-state index in [4.69, 9.17) is 16.0 Å². The molecular formula is C17H17ClN2O4. The third kappa shape index (κ3) is 3.77. The zero-order valence-corrected chi connectivity index (χ0v) is 13.6. The molecule has 126 valence electrons. The second-order valence-electron chi connectivity index (χ2n) is 5.69. The van der Waals surface area contributed by atoms with Crippen molar-refractivity contribution in [2.45, 2.75) is 18.9 Å². The minimum Gasteiger partial charge on any atom is -0.440 e. The van der Waals surface area contributed by atoms with Gasteiger partial charge in [-0.3, -0.25) is 9.59 Å². The van der Waals surface area contributed by atoms with E-state index in [1.807, 2.05) is 0 Å². The largest absolute Gasteiger partial charge is 0.440 e. The second kappa shape index (κ2) is 7.07. The molecule has 2 amide bonds. The molecule has 0 unspecified atom stereocenters. The first-order valence-corrected chi connectivity index (χ1v) is 8.05. The number of aliphatic hydroxyl groups is 1. The Labute approximate surface area is 144 Å². The van der Waals surface area contributed by atoms with Crippen molar-refractivity contribution in [3.05, 3.63) is 52.9 Å². The number of amides is 2. The number of nitrogens with zero attached hydrogens (tertiary/aromatic N) is 1. The van der Waals surface area contributed by atoms with Crippen molar-refractivity contribution in [3.63, 3.8) is 0 Å². The number of β-amino-alcohol motifs (C(OH)–C–C–N with tert-alkyl or cyclic N) is 1. The monoisotopic (exact) mass is 348 g/mol. The van der Waals surface area contributed by atoms with Gasteiger partial charge in [-0.05, 0) is 54.8 Å². The van der Waals surface area contributed by atoms with E-state index in [9.17, 15) is 14.7 Å². The lowest BCUT2D eigenvalue weighted by Gasteiger charge is -2.30. The number of piperidine rings is 1. The van der Waals surface area contributed by atoms with Crippen LogP contribution in [-0.2, 0) is 0 Å². The minimum absolute atomic E-state index is 0.0934. The Bertz CT molecular complexity index is 759. The molecule has 2 N–H and O–H groups in total. The molecule has 0 bridgehead atoms. The highest BCUT2D eigenvalue weighted by Crippen LogP contribution is 2.18. The predicted molar refractivity (Wildman–Crippen MR) is 89.3 cm³/mol. The van der Waals surface area contributed by atoms with Crippen LogP contribution in [0, 0.1) is 0 Å². The van der Waals surface area contributed by atoms with Gasteiger partial charge in [-0.15, -0.1) is 0 Å². The fraction of sp³-hybridized carbons (Fsp3) is 0.294. The number of halogens is 1. The van der Waals surface area contributed by atoms with Gasteiger partial charge in [0.25, 0.3) is 11.8 Å². The third-order valence-corrected chi connectivity index (χ3v) is 4.05. The van der Waals surface area contributed by atoms with Crippen LogP contribution >= 0.6 is 11.6 Å². The average molecular weight is 349 g/mol. The number of hydrogen-bond donors (Lipinski definition) is 2. The molecule has 6 nitrogen and oxygen atoms in total. The highest BCUT2D eigenvalue weighted by Gasteiger charge is 2.23. The summed E-state index contributed by atoms with van der Waals surface area (Å²) < 4.78 is 5.05. The number of carbonyl (C=O) groups excluding carboxylic acids is 2. The summed E-state index contributed by atoms with van der Waals surface area (Å²) in [5.41, 5.74) is 0.940. The number of nitrogens with one attached hydrogen (secondary N) is 1. The van der Waals surface area contributed by atoms with Crippen molar-refractivity contribution >= 4 is 29.1 Å². The molecule has 2 heterocycles. The maximum Gasteiger partial charge on any atom is 0.291 e. The van der Waals surface area contributed by atoms with Crippen molar-refractivity contribution in [2.24, 2.45) is 0 Å². The lowest BCUT2D eigenvalue weighted by atomic mass is 10.1. The molecule has 0 saturated carbocycles. The van der Waals surface area contributed by atoms with Crippen LogP contribution in [0.2, 0.25) is 5.22 Å². The van der Waals surface area contributed by atoms with Crippen LogP contribution in [0.4, 0.5) is 5.69 Å². The van der Waals surface area contributed by atoms with Crippen LogP contribution in [0.15, 0.2) is 40.8 Å². The van der Waals surface area contributed by atoms with Gasteiger partial charge in [0, 0.05) is 24.3 Å². The molecular weight excluding hydrogens is 332 g/mol. The smallest absolute Gasteiger partial charge is 0.291 e. The molecule has 24 heavy (non-hydrogen) atoms. The minimum atomic E-state index is -0.478. The summed E-state index contributed by atoms with van der Waals surface area (Å²) in [6.07, 6.45) is 1.02. The van der Waals surface area contributed by atoms with E-state index in [1.165, 1.54) is 12.1 Å². The number of aliphatic hydroxyl groups excluding tert-OH is 1. The van der Waals surface area contributed by atoms with Gasteiger partial charge in [-0.2, -0.15) is 0 Å². The maximum atomic E-state index is 12.5. The van der Waals surface area contributed by atoms with Crippen LogP contribution < -0.4 is 5.32 Å². The Morgan fingerprint density at radius 3 is 2.83 bits per heavy atom. The molecule has 1 aliphatic rings. The second-order valence-corrected chi connectivity index (χ2v) is 6.06. The van der Waals surface area contributed by atoms with Gasteiger partial charge < -0.3 is 19.7 Å². The molecule has 0 radical (unpaired) electrons. The summed E-state index contributed by atoms with van der Waals surface area (Å²) in [6.45, 7) is 0.956. The summed E-state index contributed by atoms with van der Waals surface area (Å²) in [5, 5.41) is 12.5. The Balaban J connectivity index is 1.71. The Morgan fingerprint density at radius 2 is 2.12 bits per heavy atom.